The molecule has 0 aromatic heterocycles. The van der Waals surface area contributed by atoms with Gasteiger partial charge in [-0.2, -0.15) is 0 Å². The van der Waals surface area contributed by atoms with Crippen molar-refractivity contribution in [3.63, 3.8) is 0 Å². The molecule has 2 atom stereocenters. The summed E-state index contributed by atoms with van der Waals surface area (Å²) in [5, 5.41) is 15.5. The van der Waals surface area contributed by atoms with Crippen LogP contribution in [0.3, 0.4) is 0 Å². The van der Waals surface area contributed by atoms with Gasteiger partial charge in [0.15, 0.2) is 0 Å². The molecule has 3 N–H and O–H groups in total. The van der Waals surface area contributed by atoms with Crippen LogP contribution in [0.15, 0.2) is 18.2 Å². The second-order valence-corrected chi connectivity index (χ2v) is 5.59. The molecule has 0 spiro atoms. The van der Waals surface area contributed by atoms with E-state index in [-0.39, 0.29) is 18.5 Å². The second-order valence-electron chi connectivity index (χ2n) is 5.59. The summed E-state index contributed by atoms with van der Waals surface area (Å²) >= 11 is 0. The van der Waals surface area contributed by atoms with Gasteiger partial charge in [-0.25, -0.2) is 4.79 Å². The van der Waals surface area contributed by atoms with E-state index in [1.54, 1.807) is 7.11 Å². The zero-order valence-electron chi connectivity index (χ0n) is 13.3. The van der Waals surface area contributed by atoms with E-state index in [9.17, 15) is 9.90 Å². The second kappa shape index (κ2) is 8.64. The molecule has 1 aromatic rings. The Balaban J connectivity index is 2.38. The van der Waals surface area contributed by atoms with Crippen LogP contribution in [0.4, 0.5) is 4.79 Å². The summed E-state index contributed by atoms with van der Waals surface area (Å²) in [6.45, 7) is 7.30. The third-order valence-electron chi connectivity index (χ3n) is 3.15. The number of hydrogen-bond donors (Lipinski definition) is 3. The summed E-state index contributed by atoms with van der Waals surface area (Å²) in [7, 11) is 1.64. The first-order valence-corrected chi connectivity index (χ1v) is 7.19. The molecule has 21 heavy (non-hydrogen) atoms. The van der Waals surface area contributed by atoms with E-state index in [2.05, 4.69) is 10.6 Å². The number of carbonyl (C=O) groups is 1. The van der Waals surface area contributed by atoms with Crippen molar-refractivity contribution in [2.24, 2.45) is 5.92 Å². The molecule has 0 aliphatic carbocycles. The minimum Gasteiger partial charge on any atom is -0.387 e. The number of aryl methyl sites for hydroxylation is 2. The third-order valence-corrected chi connectivity index (χ3v) is 3.15. The van der Waals surface area contributed by atoms with Gasteiger partial charge >= 0.3 is 6.03 Å². The van der Waals surface area contributed by atoms with E-state index in [1.165, 1.54) is 0 Å². The number of benzene rings is 1. The van der Waals surface area contributed by atoms with Gasteiger partial charge < -0.3 is 20.5 Å². The molecular formula is C16H26N2O3. The van der Waals surface area contributed by atoms with Gasteiger partial charge in [0.1, 0.15) is 0 Å². The molecule has 2 amide bonds. The first-order chi connectivity index (χ1) is 9.92. The van der Waals surface area contributed by atoms with Gasteiger partial charge in [0.05, 0.1) is 12.7 Å². The monoisotopic (exact) mass is 294 g/mol. The van der Waals surface area contributed by atoms with Gasteiger partial charge in [0, 0.05) is 20.2 Å². The van der Waals surface area contributed by atoms with Gasteiger partial charge in [-0.15, -0.1) is 0 Å². The van der Waals surface area contributed by atoms with Gasteiger partial charge in [-0.3, -0.25) is 0 Å². The Kier molecular flexibility index (Phi) is 7.19. The molecule has 1 rings (SSSR count). The Hall–Kier alpha value is -1.59. The van der Waals surface area contributed by atoms with Crippen LogP contribution in [-0.2, 0) is 4.74 Å². The lowest BCUT2D eigenvalue weighted by Crippen LogP contribution is -2.40. The van der Waals surface area contributed by atoms with Crippen molar-refractivity contribution in [1.82, 2.24) is 10.6 Å². The van der Waals surface area contributed by atoms with Crippen molar-refractivity contribution in [2.45, 2.75) is 26.9 Å². The number of urea groups is 1. The van der Waals surface area contributed by atoms with Gasteiger partial charge in [0.25, 0.3) is 0 Å². The van der Waals surface area contributed by atoms with Crippen LogP contribution in [0, 0.1) is 19.8 Å². The number of methoxy groups -OCH3 is 1. The van der Waals surface area contributed by atoms with E-state index in [1.807, 2.05) is 39.0 Å². The lowest BCUT2D eigenvalue weighted by atomic mass is 10.0. The Morgan fingerprint density at radius 2 is 1.76 bits per heavy atom. The smallest absolute Gasteiger partial charge is 0.314 e. The van der Waals surface area contributed by atoms with E-state index >= 15 is 0 Å². The molecule has 0 bridgehead atoms. The molecule has 118 valence electrons. The molecule has 0 heterocycles. The van der Waals surface area contributed by atoms with Crippen LogP contribution >= 0.6 is 0 Å². The van der Waals surface area contributed by atoms with Gasteiger partial charge in [0.2, 0.25) is 0 Å². The number of amides is 2. The predicted octanol–water partition coefficient (Wildman–Crippen LogP) is 1.92. The molecule has 0 saturated carbocycles. The molecule has 0 aliphatic rings. The normalized spacial score (nSPS) is 13.6. The number of nitrogens with one attached hydrogen (secondary N) is 2. The van der Waals surface area contributed by atoms with Crippen LogP contribution < -0.4 is 10.6 Å². The summed E-state index contributed by atoms with van der Waals surface area (Å²) in [4.78, 5) is 11.6. The highest BCUT2D eigenvalue weighted by atomic mass is 16.5. The molecule has 1 aromatic carbocycles. The van der Waals surface area contributed by atoms with Crippen molar-refractivity contribution in [1.29, 1.82) is 0 Å². The molecule has 5 heteroatoms. The SMILES string of the molecule is COCC(C)CNC(=O)NCC(O)c1cc(C)cc(C)c1. The van der Waals surface area contributed by atoms with Gasteiger partial charge in [-0.1, -0.05) is 36.2 Å². The average molecular weight is 294 g/mol. The fourth-order valence-electron chi connectivity index (χ4n) is 2.18. The standard InChI is InChI=1S/C16H26N2O3/c1-11-5-12(2)7-14(6-11)15(19)9-18-16(20)17-8-13(3)10-21-4/h5-7,13,15,19H,8-10H2,1-4H3,(H2,17,18,20). The lowest BCUT2D eigenvalue weighted by molar-refractivity contribution is 0.156. The minimum absolute atomic E-state index is 0.188. The Morgan fingerprint density at radius 1 is 1.19 bits per heavy atom. The van der Waals surface area contributed by atoms with E-state index in [0.717, 1.165) is 16.7 Å². The van der Waals surface area contributed by atoms with E-state index in [4.69, 9.17) is 4.74 Å². The average Bonchev–Trinajstić information content (AvgIpc) is 2.41. The maximum absolute atomic E-state index is 11.6. The van der Waals surface area contributed by atoms with Crippen LogP contribution in [0.1, 0.15) is 29.7 Å². The highest BCUT2D eigenvalue weighted by Crippen LogP contribution is 2.16. The first-order valence-electron chi connectivity index (χ1n) is 7.19. The third kappa shape index (κ3) is 6.60. The van der Waals surface area contributed by atoms with Crippen LogP contribution in [0.25, 0.3) is 0 Å². The Morgan fingerprint density at radius 3 is 2.33 bits per heavy atom. The van der Waals surface area contributed by atoms with Crippen molar-refractivity contribution in [3.8, 4) is 0 Å². The fourth-order valence-corrected chi connectivity index (χ4v) is 2.18. The zero-order valence-corrected chi connectivity index (χ0v) is 13.3. The summed E-state index contributed by atoms with van der Waals surface area (Å²) in [6, 6.07) is 5.63. The van der Waals surface area contributed by atoms with Crippen molar-refractivity contribution < 1.29 is 14.6 Å². The van der Waals surface area contributed by atoms with Crippen LogP contribution in [0.5, 0.6) is 0 Å². The molecule has 0 fully saturated rings. The number of aliphatic hydroxyl groups is 1. The maximum Gasteiger partial charge on any atom is 0.314 e. The molecule has 0 saturated heterocycles. The number of hydrogen-bond acceptors (Lipinski definition) is 3. The molecular weight excluding hydrogens is 268 g/mol. The highest BCUT2D eigenvalue weighted by Gasteiger charge is 2.11. The van der Waals surface area contributed by atoms with Crippen LogP contribution in [0.2, 0.25) is 0 Å². The summed E-state index contributed by atoms with van der Waals surface area (Å²) in [5.74, 6) is 0.255. The molecule has 2 unspecified atom stereocenters. The van der Waals surface area contributed by atoms with Crippen molar-refractivity contribution >= 4 is 6.03 Å². The molecule has 5 nitrogen and oxygen atoms in total. The zero-order chi connectivity index (χ0) is 15.8. The number of aliphatic hydroxyl groups excluding tert-OH is 1. The predicted molar refractivity (Wildman–Crippen MR) is 83.3 cm³/mol. The Labute approximate surface area is 126 Å². The summed E-state index contributed by atoms with van der Waals surface area (Å²) in [5.41, 5.74) is 3.02. The molecule has 0 aliphatic heterocycles. The fraction of sp³-hybridized carbons (Fsp3) is 0.562. The Bertz CT molecular complexity index is 443. The maximum atomic E-state index is 11.6. The largest absolute Gasteiger partial charge is 0.387 e. The van der Waals surface area contributed by atoms with Gasteiger partial charge in [-0.05, 0) is 25.3 Å². The quantitative estimate of drug-likeness (QED) is 0.719. The lowest BCUT2D eigenvalue weighted by Gasteiger charge is -2.15. The molecule has 0 radical (unpaired) electrons. The summed E-state index contributed by atoms with van der Waals surface area (Å²) in [6.07, 6.45) is -0.703. The van der Waals surface area contributed by atoms with Crippen molar-refractivity contribution in [2.75, 3.05) is 26.8 Å². The number of ether oxygens (including phenoxy) is 1. The van der Waals surface area contributed by atoms with E-state index < -0.39 is 6.10 Å². The van der Waals surface area contributed by atoms with Crippen molar-refractivity contribution in [3.05, 3.63) is 34.9 Å². The highest BCUT2D eigenvalue weighted by molar-refractivity contribution is 5.73. The van der Waals surface area contributed by atoms with E-state index in [0.29, 0.717) is 13.2 Å². The van der Waals surface area contributed by atoms with Crippen LogP contribution in [-0.4, -0.2) is 37.9 Å². The topological polar surface area (TPSA) is 70.6 Å². The minimum atomic E-state index is -0.703. The summed E-state index contributed by atoms with van der Waals surface area (Å²) < 4.78 is 5.00. The first kappa shape index (κ1) is 17.5. The number of carbonyl (C=O) groups excluding carboxylic acids is 1. The number of rotatable bonds is 7.